The van der Waals surface area contributed by atoms with Crippen molar-refractivity contribution in [3.63, 3.8) is 0 Å². The van der Waals surface area contributed by atoms with E-state index >= 15 is 0 Å². The molecule has 0 saturated heterocycles. The van der Waals surface area contributed by atoms with Gasteiger partial charge in [0.1, 0.15) is 6.61 Å². The Bertz CT molecular complexity index is 671. The third-order valence-electron chi connectivity index (χ3n) is 5.62. The molecule has 5 nitrogen and oxygen atoms in total. The predicted molar refractivity (Wildman–Crippen MR) is 86.8 cm³/mol. The Labute approximate surface area is 141 Å². The smallest absolute Gasteiger partial charge is 0.407 e. The van der Waals surface area contributed by atoms with Gasteiger partial charge in [-0.3, -0.25) is 4.79 Å². The molecular formula is C19H21NO4. The van der Waals surface area contributed by atoms with Gasteiger partial charge in [0, 0.05) is 5.92 Å². The highest BCUT2D eigenvalue weighted by Crippen LogP contribution is 2.61. The van der Waals surface area contributed by atoms with E-state index in [0.717, 1.165) is 12.0 Å². The van der Waals surface area contributed by atoms with E-state index in [4.69, 9.17) is 9.47 Å². The molecule has 0 spiro atoms. The summed E-state index contributed by atoms with van der Waals surface area (Å²) < 4.78 is 10.3. The van der Waals surface area contributed by atoms with E-state index in [0.29, 0.717) is 11.8 Å². The molecule has 0 heterocycles. The van der Waals surface area contributed by atoms with E-state index in [1.165, 1.54) is 7.11 Å². The summed E-state index contributed by atoms with van der Waals surface area (Å²) in [5.74, 6) is 0.981. The lowest BCUT2D eigenvalue weighted by atomic mass is 9.66. The zero-order valence-electron chi connectivity index (χ0n) is 13.6. The van der Waals surface area contributed by atoms with Crippen molar-refractivity contribution >= 4 is 12.1 Å². The molecule has 2 bridgehead atoms. The van der Waals surface area contributed by atoms with Gasteiger partial charge in [-0.15, -0.1) is 0 Å². The summed E-state index contributed by atoms with van der Waals surface area (Å²) >= 11 is 0. The number of allylic oxidation sites excluding steroid dienone is 1. The highest BCUT2D eigenvalue weighted by Gasteiger charge is 2.61. The molecule has 0 unspecified atom stereocenters. The standard InChI is InChI=1S/C19H21NO4/c1-23-18(21)16-12-7-8-13(15-9-14(12)15)17(16)20-19(22)24-10-11-5-3-2-4-6-11/h2-8,12-17H,9-10H2,1H3,(H,20,22)/t12-,13+,14+,15-,16+,17+/m0/s1. The van der Waals surface area contributed by atoms with Crippen LogP contribution >= 0.6 is 0 Å². The van der Waals surface area contributed by atoms with E-state index < -0.39 is 6.09 Å². The Morgan fingerprint density at radius 2 is 1.83 bits per heavy atom. The molecule has 4 aliphatic carbocycles. The van der Waals surface area contributed by atoms with Crippen molar-refractivity contribution in [3.05, 3.63) is 48.0 Å². The highest BCUT2D eigenvalue weighted by molar-refractivity contribution is 5.77. The van der Waals surface area contributed by atoms with E-state index in [2.05, 4.69) is 17.5 Å². The molecule has 2 saturated carbocycles. The van der Waals surface area contributed by atoms with E-state index in [-0.39, 0.29) is 36.4 Å². The van der Waals surface area contributed by atoms with Crippen LogP contribution in [0.15, 0.2) is 42.5 Å². The van der Waals surface area contributed by atoms with Gasteiger partial charge in [0.25, 0.3) is 0 Å². The first kappa shape index (κ1) is 15.2. The monoisotopic (exact) mass is 327 g/mol. The molecule has 126 valence electrons. The first-order chi connectivity index (χ1) is 11.7. The number of rotatable bonds is 4. The van der Waals surface area contributed by atoms with Crippen LogP contribution in [0.25, 0.3) is 0 Å². The van der Waals surface area contributed by atoms with Gasteiger partial charge in [-0.1, -0.05) is 42.5 Å². The number of alkyl carbamates (subject to hydrolysis) is 1. The number of carbonyl (C=O) groups is 2. The normalized spacial score (nSPS) is 35.0. The zero-order chi connectivity index (χ0) is 16.7. The Kier molecular flexibility index (Phi) is 3.79. The van der Waals surface area contributed by atoms with E-state index in [1.54, 1.807) is 0 Å². The SMILES string of the molecule is COC(=O)[C@@H]1[C@H]2C=C[C@H]([C@@H]3C[C@H]23)[C@H]1NC(=O)OCc1ccccc1. The molecule has 5 heteroatoms. The second-order valence-electron chi connectivity index (χ2n) is 6.88. The molecule has 0 aliphatic heterocycles. The summed E-state index contributed by atoms with van der Waals surface area (Å²) in [4.78, 5) is 24.5. The van der Waals surface area contributed by atoms with Crippen molar-refractivity contribution in [1.29, 1.82) is 0 Å². The first-order valence-corrected chi connectivity index (χ1v) is 8.42. The number of amides is 1. The third-order valence-corrected chi connectivity index (χ3v) is 5.62. The molecule has 1 amide bonds. The number of hydrogen-bond donors (Lipinski definition) is 1. The maximum absolute atomic E-state index is 12.2. The van der Waals surface area contributed by atoms with Gasteiger partial charge in [0.2, 0.25) is 0 Å². The van der Waals surface area contributed by atoms with Crippen LogP contribution in [-0.4, -0.2) is 25.2 Å². The molecule has 0 aromatic heterocycles. The Morgan fingerprint density at radius 3 is 2.58 bits per heavy atom. The van der Waals surface area contributed by atoms with Gasteiger partial charge in [-0.2, -0.15) is 0 Å². The third kappa shape index (κ3) is 2.58. The number of ether oxygens (including phenoxy) is 2. The van der Waals surface area contributed by atoms with Crippen molar-refractivity contribution in [2.24, 2.45) is 29.6 Å². The van der Waals surface area contributed by atoms with Crippen molar-refractivity contribution in [3.8, 4) is 0 Å². The Balaban J connectivity index is 1.43. The summed E-state index contributed by atoms with van der Waals surface area (Å²) in [7, 11) is 1.41. The number of fused-ring (bicyclic) bond motifs is 1. The van der Waals surface area contributed by atoms with Gasteiger partial charge >= 0.3 is 12.1 Å². The molecular weight excluding hydrogens is 306 g/mol. The zero-order valence-corrected chi connectivity index (χ0v) is 13.6. The molecule has 4 aliphatic rings. The first-order valence-electron chi connectivity index (χ1n) is 8.42. The van der Waals surface area contributed by atoms with Crippen molar-refractivity contribution < 1.29 is 19.1 Å². The van der Waals surface area contributed by atoms with E-state index in [1.807, 2.05) is 30.3 Å². The molecule has 1 aromatic carbocycles. The number of hydrogen-bond acceptors (Lipinski definition) is 4. The lowest BCUT2D eigenvalue weighted by Crippen LogP contribution is -2.55. The molecule has 1 N–H and O–H groups in total. The quantitative estimate of drug-likeness (QED) is 0.682. The van der Waals surface area contributed by atoms with E-state index in [9.17, 15) is 9.59 Å². The number of nitrogens with one attached hydrogen (secondary N) is 1. The Morgan fingerprint density at radius 1 is 1.12 bits per heavy atom. The van der Waals surface area contributed by atoms with Crippen LogP contribution in [0.4, 0.5) is 4.79 Å². The summed E-state index contributed by atoms with van der Waals surface area (Å²) in [5.41, 5.74) is 0.935. The fourth-order valence-electron chi connectivity index (χ4n) is 4.44. The molecule has 1 aromatic rings. The molecule has 2 fully saturated rings. The lowest BCUT2D eigenvalue weighted by molar-refractivity contribution is -0.150. The summed E-state index contributed by atoms with van der Waals surface area (Å²) in [6, 6.07) is 9.31. The van der Waals surface area contributed by atoms with Crippen molar-refractivity contribution in [1.82, 2.24) is 5.32 Å². The van der Waals surface area contributed by atoms with Gasteiger partial charge in [-0.05, 0) is 29.7 Å². The van der Waals surface area contributed by atoms with Crippen molar-refractivity contribution in [2.45, 2.75) is 19.1 Å². The fourth-order valence-corrected chi connectivity index (χ4v) is 4.44. The minimum atomic E-state index is -0.476. The average molecular weight is 327 g/mol. The van der Waals surface area contributed by atoms with Crippen molar-refractivity contribution in [2.75, 3.05) is 7.11 Å². The lowest BCUT2D eigenvalue weighted by Gasteiger charge is -2.43. The number of benzene rings is 1. The van der Waals surface area contributed by atoms with Crippen LogP contribution in [0.2, 0.25) is 0 Å². The van der Waals surface area contributed by atoms with Gasteiger partial charge in [0.15, 0.2) is 0 Å². The average Bonchev–Trinajstić information content (AvgIpc) is 3.42. The second kappa shape index (κ2) is 5.96. The highest BCUT2D eigenvalue weighted by atomic mass is 16.5. The van der Waals surface area contributed by atoms with Crippen LogP contribution in [0.5, 0.6) is 0 Å². The summed E-state index contributed by atoms with van der Waals surface area (Å²) in [6.45, 7) is 0.221. The summed E-state index contributed by atoms with van der Waals surface area (Å²) in [5, 5.41) is 2.93. The topological polar surface area (TPSA) is 64.6 Å². The van der Waals surface area contributed by atoms with Crippen LogP contribution in [0, 0.1) is 29.6 Å². The van der Waals surface area contributed by atoms with Crippen LogP contribution in [0.3, 0.4) is 0 Å². The minimum Gasteiger partial charge on any atom is -0.469 e. The second-order valence-corrected chi connectivity index (χ2v) is 6.88. The number of esters is 1. The maximum atomic E-state index is 12.2. The van der Waals surface area contributed by atoms with Crippen LogP contribution in [-0.2, 0) is 20.9 Å². The molecule has 0 radical (unpaired) electrons. The predicted octanol–water partition coefficient (Wildman–Crippen LogP) is 2.52. The van der Waals surface area contributed by atoms with Crippen LogP contribution < -0.4 is 5.32 Å². The van der Waals surface area contributed by atoms with Gasteiger partial charge in [-0.25, -0.2) is 4.79 Å². The molecule has 24 heavy (non-hydrogen) atoms. The Hall–Kier alpha value is -2.30. The fraction of sp³-hybridized carbons (Fsp3) is 0.474. The number of carbonyl (C=O) groups excluding carboxylic acids is 2. The van der Waals surface area contributed by atoms with Gasteiger partial charge in [0.05, 0.1) is 19.1 Å². The maximum Gasteiger partial charge on any atom is 0.407 e. The minimum absolute atomic E-state index is 0.173. The van der Waals surface area contributed by atoms with Crippen LogP contribution in [0.1, 0.15) is 12.0 Å². The largest absolute Gasteiger partial charge is 0.469 e. The molecule has 5 rings (SSSR count). The molecule has 6 atom stereocenters. The van der Waals surface area contributed by atoms with Gasteiger partial charge < -0.3 is 14.8 Å². The number of methoxy groups -OCH3 is 1. The summed E-state index contributed by atoms with van der Waals surface area (Å²) in [6.07, 6.45) is 4.94.